The van der Waals surface area contributed by atoms with Crippen LogP contribution in [0.1, 0.15) is 31.7 Å². The van der Waals surface area contributed by atoms with E-state index in [4.69, 9.17) is 4.74 Å². The van der Waals surface area contributed by atoms with E-state index < -0.39 is 0 Å². The van der Waals surface area contributed by atoms with Crippen molar-refractivity contribution in [1.82, 2.24) is 4.90 Å². The minimum absolute atomic E-state index is 0.565. The van der Waals surface area contributed by atoms with Crippen molar-refractivity contribution in [2.45, 2.75) is 26.2 Å². The second-order valence-corrected chi connectivity index (χ2v) is 4.50. The van der Waals surface area contributed by atoms with Crippen molar-refractivity contribution in [1.29, 1.82) is 0 Å². The van der Waals surface area contributed by atoms with Crippen LogP contribution in [0.4, 0.5) is 0 Å². The molecule has 0 N–H and O–H groups in total. The third-order valence-electron chi connectivity index (χ3n) is 2.86. The van der Waals surface area contributed by atoms with Crippen LogP contribution < -0.4 is 4.74 Å². The normalized spacial score (nSPS) is 12.8. The molecule has 0 spiro atoms. The Kier molecular flexibility index (Phi) is 5.33. The van der Waals surface area contributed by atoms with Gasteiger partial charge < -0.3 is 9.64 Å². The lowest BCUT2D eigenvalue weighted by Gasteiger charge is -2.17. The van der Waals surface area contributed by atoms with Gasteiger partial charge in [0.25, 0.3) is 0 Å². The highest BCUT2D eigenvalue weighted by Crippen LogP contribution is 2.28. The van der Waals surface area contributed by atoms with E-state index in [0.29, 0.717) is 5.92 Å². The van der Waals surface area contributed by atoms with Crippen LogP contribution in [0.5, 0.6) is 5.75 Å². The average molecular weight is 221 g/mol. The van der Waals surface area contributed by atoms with Crippen LogP contribution >= 0.6 is 0 Å². The number of benzene rings is 1. The summed E-state index contributed by atoms with van der Waals surface area (Å²) in [6.07, 6.45) is 1.15. The van der Waals surface area contributed by atoms with Crippen LogP contribution in [-0.2, 0) is 0 Å². The van der Waals surface area contributed by atoms with Gasteiger partial charge in [0.05, 0.1) is 0 Å². The van der Waals surface area contributed by atoms with E-state index in [2.05, 4.69) is 51.0 Å². The molecule has 90 valence electrons. The Balaban J connectivity index is 2.64. The monoisotopic (exact) mass is 221 g/mol. The van der Waals surface area contributed by atoms with Crippen LogP contribution in [0, 0.1) is 0 Å². The van der Waals surface area contributed by atoms with Crippen LogP contribution in [0.25, 0.3) is 0 Å². The summed E-state index contributed by atoms with van der Waals surface area (Å²) in [5.41, 5.74) is 1.32. The zero-order valence-electron chi connectivity index (χ0n) is 10.9. The number of ether oxygens (including phenoxy) is 1. The number of likely N-dealkylation sites (N-methyl/N-ethyl adjacent to an activating group) is 1. The molecule has 0 saturated carbocycles. The van der Waals surface area contributed by atoms with Gasteiger partial charge in [-0.05, 0) is 38.1 Å². The lowest BCUT2D eigenvalue weighted by atomic mass is 9.98. The van der Waals surface area contributed by atoms with E-state index in [9.17, 15) is 0 Å². The molecule has 0 aliphatic carbocycles. The van der Waals surface area contributed by atoms with Gasteiger partial charge >= 0.3 is 0 Å². The smallest absolute Gasteiger partial charge is 0.122 e. The highest BCUT2D eigenvalue weighted by atomic mass is 16.5. The first kappa shape index (κ1) is 13.0. The summed E-state index contributed by atoms with van der Waals surface area (Å²) >= 11 is 0. The van der Waals surface area contributed by atoms with Gasteiger partial charge in [0.2, 0.25) is 0 Å². The van der Waals surface area contributed by atoms with Gasteiger partial charge in [0.1, 0.15) is 12.4 Å². The highest BCUT2D eigenvalue weighted by Gasteiger charge is 2.08. The van der Waals surface area contributed by atoms with E-state index in [1.807, 2.05) is 6.07 Å². The van der Waals surface area contributed by atoms with Gasteiger partial charge in [0.15, 0.2) is 0 Å². The maximum absolute atomic E-state index is 5.83. The molecule has 0 fully saturated rings. The van der Waals surface area contributed by atoms with Crippen molar-refractivity contribution in [3.63, 3.8) is 0 Å². The first-order valence-corrected chi connectivity index (χ1v) is 6.01. The van der Waals surface area contributed by atoms with Gasteiger partial charge in [-0.25, -0.2) is 0 Å². The minimum atomic E-state index is 0.565. The summed E-state index contributed by atoms with van der Waals surface area (Å²) in [6.45, 7) is 6.16. The lowest BCUT2D eigenvalue weighted by molar-refractivity contribution is 0.258. The predicted molar refractivity (Wildman–Crippen MR) is 69.2 cm³/mol. The number of para-hydroxylation sites is 1. The van der Waals surface area contributed by atoms with E-state index in [0.717, 1.165) is 25.3 Å². The molecule has 0 bridgehead atoms. The molecule has 0 saturated heterocycles. The lowest BCUT2D eigenvalue weighted by Crippen LogP contribution is -2.19. The molecule has 0 heterocycles. The molecule has 16 heavy (non-hydrogen) atoms. The fourth-order valence-corrected chi connectivity index (χ4v) is 1.58. The Labute approximate surface area is 99.2 Å². The third kappa shape index (κ3) is 3.86. The van der Waals surface area contributed by atoms with E-state index in [1.165, 1.54) is 5.56 Å². The largest absolute Gasteiger partial charge is 0.492 e. The molecule has 1 aromatic carbocycles. The molecule has 0 aliphatic heterocycles. The third-order valence-corrected chi connectivity index (χ3v) is 2.86. The van der Waals surface area contributed by atoms with Crippen molar-refractivity contribution in [3.8, 4) is 5.75 Å². The van der Waals surface area contributed by atoms with Crippen LogP contribution in [0.2, 0.25) is 0 Å². The molecular weight excluding hydrogens is 198 g/mol. The van der Waals surface area contributed by atoms with Crippen molar-refractivity contribution in [2.24, 2.45) is 0 Å². The molecule has 1 atom stereocenters. The maximum atomic E-state index is 5.83. The van der Waals surface area contributed by atoms with Crippen LogP contribution in [0.15, 0.2) is 24.3 Å². The molecule has 1 aromatic rings. The Bertz CT molecular complexity index is 309. The number of rotatable bonds is 6. The van der Waals surface area contributed by atoms with Crippen LogP contribution in [0.3, 0.4) is 0 Å². The first-order valence-electron chi connectivity index (χ1n) is 6.01. The first-order chi connectivity index (χ1) is 7.65. The quantitative estimate of drug-likeness (QED) is 0.731. The average Bonchev–Trinajstić information content (AvgIpc) is 2.28. The van der Waals surface area contributed by atoms with Crippen molar-refractivity contribution in [3.05, 3.63) is 29.8 Å². The standard InChI is InChI=1S/C14H23NO/c1-5-12(2)13-8-6-7-9-14(13)16-11-10-15(3)4/h6-9,12H,5,10-11H2,1-4H3/t12-/m1/s1. The Morgan fingerprint density at radius 3 is 2.56 bits per heavy atom. The van der Waals surface area contributed by atoms with Crippen LogP contribution in [-0.4, -0.2) is 32.1 Å². The fourth-order valence-electron chi connectivity index (χ4n) is 1.58. The molecule has 2 heteroatoms. The van der Waals surface area contributed by atoms with Crippen molar-refractivity contribution >= 4 is 0 Å². The Morgan fingerprint density at radius 2 is 1.94 bits per heavy atom. The minimum Gasteiger partial charge on any atom is -0.492 e. The zero-order valence-corrected chi connectivity index (χ0v) is 10.9. The molecular formula is C14H23NO. The molecule has 0 aromatic heterocycles. The Morgan fingerprint density at radius 1 is 1.25 bits per heavy atom. The molecule has 1 rings (SSSR count). The summed E-state index contributed by atoms with van der Waals surface area (Å²) in [5, 5.41) is 0. The summed E-state index contributed by atoms with van der Waals surface area (Å²) < 4.78 is 5.83. The Hall–Kier alpha value is -1.02. The number of nitrogens with zero attached hydrogens (tertiary/aromatic N) is 1. The maximum Gasteiger partial charge on any atom is 0.122 e. The predicted octanol–water partition coefficient (Wildman–Crippen LogP) is 3.14. The van der Waals surface area contributed by atoms with Gasteiger partial charge in [-0.15, -0.1) is 0 Å². The topological polar surface area (TPSA) is 12.5 Å². The summed E-state index contributed by atoms with van der Waals surface area (Å²) in [7, 11) is 4.12. The van der Waals surface area contributed by atoms with Gasteiger partial charge in [-0.1, -0.05) is 32.0 Å². The summed E-state index contributed by atoms with van der Waals surface area (Å²) in [5.74, 6) is 1.61. The van der Waals surface area contributed by atoms with Gasteiger partial charge in [-0.2, -0.15) is 0 Å². The molecule has 0 amide bonds. The highest BCUT2D eigenvalue weighted by molar-refractivity contribution is 5.35. The number of hydrogen-bond acceptors (Lipinski definition) is 2. The summed E-state index contributed by atoms with van der Waals surface area (Å²) in [6, 6.07) is 8.35. The fraction of sp³-hybridized carbons (Fsp3) is 0.571. The molecule has 0 unspecified atom stereocenters. The summed E-state index contributed by atoms with van der Waals surface area (Å²) in [4.78, 5) is 2.13. The van der Waals surface area contributed by atoms with E-state index in [1.54, 1.807) is 0 Å². The van der Waals surface area contributed by atoms with Crippen molar-refractivity contribution < 1.29 is 4.74 Å². The zero-order chi connectivity index (χ0) is 12.0. The van der Waals surface area contributed by atoms with Gasteiger partial charge in [0, 0.05) is 6.54 Å². The SMILES string of the molecule is CC[C@@H](C)c1ccccc1OCCN(C)C. The van der Waals surface area contributed by atoms with Gasteiger partial charge in [-0.3, -0.25) is 0 Å². The van der Waals surface area contributed by atoms with E-state index in [-0.39, 0.29) is 0 Å². The van der Waals surface area contributed by atoms with E-state index >= 15 is 0 Å². The second kappa shape index (κ2) is 6.54. The number of hydrogen-bond donors (Lipinski definition) is 0. The second-order valence-electron chi connectivity index (χ2n) is 4.50. The van der Waals surface area contributed by atoms with Crippen molar-refractivity contribution in [2.75, 3.05) is 27.2 Å². The molecule has 0 radical (unpaired) electrons. The molecule has 0 aliphatic rings. The molecule has 2 nitrogen and oxygen atoms in total.